The molecule has 0 heterocycles. The van der Waals surface area contributed by atoms with E-state index in [2.05, 4.69) is 5.32 Å². The highest BCUT2D eigenvalue weighted by atomic mass is 19.1. The topological polar surface area (TPSA) is 104 Å². The highest BCUT2D eigenvalue weighted by Crippen LogP contribution is 2.37. The van der Waals surface area contributed by atoms with Gasteiger partial charge in [-0.2, -0.15) is 0 Å². The van der Waals surface area contributed by atoms with Crippen LogP contribution in [0, 0.1) is 17.2 Å². The largest absolute Gasteiger partial charge is 0.481 e. The maximum absolute atomic E-state index is 12.9. The van der Waals surface area contributed by atoms with Crippen molar-refractivity contribution in [1.29, 1.82) is 0 Å². The molecule has 2 unspecified atom stereocenters. The third-order valence-electron chi connectivity index (χ3n) is 4.10. The Bertz CT molecular complexity index is 738. The zero-order chi connectivity index (χ0) is 17.9. The molecule has 1 aromatic rings. The summed E-state index contributed by atoms with van der Waals surface area (Å²) in [4.78, 5) is 35.0. The summed E-state index contributed by atoms with van der Waals surface area (Å²) in [6.07, 6.45) is 4.11. The minimum Gasteiger partial charge on any atom is -0.481 e. The van der Waals surface area contributed by atoms with E-state index in [1.54, 1.807) is 0 Å². The lowest BCUT2D eigenvalue weighted by Gasteiger charge is -2.34. The Morgan fingerprint density at radius 1 is 1.21 bits per heavy atom. The summed E-state index contributed by atoms with van der Waals surface area (Å²) in [6, 6.07) is 4.83. The number of carbonyl (C=O) groups is 3. The molecule has 2 rings (SSSR count). The summed E-state index contributed by atoms with van der Waals surface area (Å²) in [5.41, 5.74) is -1.36. The Kier molecular flexibility index (Phi) is 4.82. The molecule has 1 aliphatic carbocycles. The van der Waals surface area contributed by atoms with Crippen LogP contribution >= 0.6 is 0 Å². The van der Waals surface area contributed by atoms with Gasteiger partial charge in [0.1, 0.15) is 5.82 Å². The minimum atomic E-state index is -1.46. The average molecular weight is 333 g/mol. The van der Waals surface area contributed by atoms with Crippen LogP contribution < -0.4 is 5.32 Å². The first-order valence-electron chi connectivity index (χ1n) is 7.15. The number of aliphatic carboxylic acids is 2. The first-order valence-corrected chi connectivity index (χ1v) is 7.15. The molecule has 0 bridgehead atoms. The molecular weight excluding hydrogens is 317 g/mol. The minimum absolute atomic E-state index is 0.0955. The fourth-order valence-corrected chi connectivity index (χ4v) is 2.57. The van der Waals surface area contributed by atoms with Gasteiger partial charge in [0.25, 0.3) is 5.91 Å². The van der Waals surface area contributed by atoms with Crippen molar-refractivity contribution in [2.75, 3.05) is 6.54 Å². The molecule has 2 atom stereocenters. The molecule has 0 aliphatic heterocycles. The molecule has 7 heteroatoms. The number of hydrogen-bond donors (Lipinski definition) is 3. The predicted octanol–water partition coefficient (Wildman–Crippen LogP) is 1.84. The lowest BCUT2D eigenvalue weighted by atomic mass is 9.70. The van der Waals surface area contributed by atoms with Crippen molar-refractivity contribution in [3.63, 3.8) is 0 Å². The fourth-order valence-electron chi connectivity index (χ4n) is 2.57. The number of halogens is 1. The van der Waals surface area contributed by atoms with Crippen LogP contribution in [0.4, 0.5) is 4.39 Å². The van der Waals surface area contributed by atoms with E-state index in [1.807, 2.05) is 0 Å². The first kappa shape index (κ1) is 17.4. The monoisotopic (exact) mass is 333 g/mol. The van der Waals surface area contributed by atoms with Gasteiger partial charge >= 0.3 is 11.9 Å². The van der Waals surface area contributed by atoms with Gasteiger partial charge in [-0.3, -0.25) is 9.59 Å². The van der Waals surface area contributed by atoms with Crippen LogP contribution in [-0.4, -0.2) is 34.6 Å². The van der Waals surface area contributed by atoms with Gasteiger partial charge < -0.3 is 15.5 Å². The molecule has 6 nitrogen and oxygen atoms in total. The van der Waals surface area contributed by atoms with Gasteiger partial charge in [-0.25, -0.2) is 9.18 Å². The van der Waals surface area contributed by atoms with Crippen molar-refractivity contribution in [2.24, 2.45) is 11.3 Å². The molecule has 3 N–H and O–H groups in total. The van der Waals surface area contributed by atoms with E-state index in [0.29, 0.717) is 0 Å². The number of nitrogens with one attached hydrogen (secondary N) is 1. The molecule has 0 radical (unpaired) electrons. The summed E-state index contributed by atoms with van der Waals surface area (Å²) >= 11 is 0. The van der Waals surface area contributed by atoms with Crippen LogP contribution in [0.3, 0.4) is 0 Å². The summed E-state index contributed by atoms with van der Waals surface area (Å²) in [6.45, 7) is 1.22. The Hall–Kier alpha value is -2.96. The van der Waals surface area contributed by atoms with Crippen LogP contribution in [0.15, 0.2) is 48.1 Å². The second-order valence-electron chi connectivity index (χ2n) is 5.64. The van der Waals surface area contributed by atoms with Gasteiger partial charge in [-0.15, -0.1) is 0 Å². The van der Waals surface area contributed by atoms with Crippen molar-refractivity contribution in [3.05, 3.63) is 59.4 Å². The van der Waals surface area contributed by atoms with Crippen LogP contribution in [0.1, 0.15) is 17.3 Å². The van der Waals surface area contributed by atoms with Crippen molar-refractivity contribution in [3.8, 4) is 0 Å². The zero-order valence-corrected chi connectivity index (χ0v) is 12.8. The molecule has 0 saturated carbocycles. The van der Waals surface area contributed by atoms with Crippen LogP contribution in [0.2, 0.25) is 0 Å². The molecule has 1 amide bonds. The molecule has 0 saturated heterocycles. The SMILES string of the molecule is CC1(C(=O)O)C=CC=C(C(=O)O)C1CNC(=O)c1ccc(F)cc1. The number of carbonyl (C=O) groups excluding carboxylic acids is 1. The highest BCUT2D eigenvalue weighted by Gasteiger charge is 2.44. The highest BCUT2D eigenvalue weighted by molar-refractivity contribution is 5.95. The first-order chi connectivity index (χ1) is 11.3. The Labute approximate surface area is 137 Å². The Morgan fingerprint density at radius 3 is 2.38 bits per heavy atom. The van der Waals surface area contributed by atoms with Gasteiger partial charge in [0.05, 0.1) is 5.41 Å². The fraction of sp³-hybridized carbons (Fsp3) is 0.235. The Balaban J connectivity index is 2.20. The number of amides is 1. The molecular formula is C17H16FNO5. The number of carboxylic acids is 2. The van der Waals surface area contributed by atoms with Gasteiger partial charge in [-0.1, -0.05) is 18.2 Å². The normalized spacial score (nSPS) is 22.6. The van der Waals surface area contributed by atoms with Gasteiger partial charge in [-0.05, 0) is 31.2 Å². The molecule has 0 aromatic heterocycles. The third kappa shape index (κ3) is 3.34. The third-order valence-corrected chi connectivity index (χ3v) is 4.10. The zero-order valence-electron chi connectivity index (χ0n) is 12.8. The lowest BCUT2D eigenvalue weighted by Crippen LogP contribution is -2.44. The van der Waals surface area contributed by atoms with E-state index in [4.69, 9.17) is 0 Å². The maximum atomic E-state index is 12.9. The number of allylic oxidation sites excluding steroid dienone is 2. The second kappa shape index (κ2) is 6.66. The number of hydrogen-bond acceptors (Lipinski definition) is 3. The summed E-state index contributed by atoms with van der Waals surface area (Å²) in [5.74, 6) is -4.40. The molecule has 1 aliphatic rings. The van der Waals surface area contributed by atoms with Gasteiger partial charge in [0.15, 0.2) is 0 Å². The van der Waals surface area contributed by atoms with E-state index >= 15 is 0 Å². The van der Waals surface area contributed by atoms with E-state index in [-0.39, 0.29) is 17.7 Å². The molecule has 0 fully saturated rings. The Morgan fingerprint density at radius 2 is 1.83 bits per heavy atom. The van der Waals surface area contributed by atoms with E-state index in [1.165, 1.54) is 37.3 Å². The standard InChI is InChI=1S/C17H16FNO5/c1-17(16(23)24)8-2-3-12(15(21)22)13(17)9-19-14(20)10-4-6-11(18)7-5-10/h2-8,13H,9H2,1H3,(H,19,20)(H,21,22)(H,23,24). The summed E-state index contributed by atoms with van der Waals surface area (Å²) < 4.78 is 12.9. The lowest BCUT2D eigenvalue weighted by molar-refractivity contribution is -0.147. The predicted molar refractivity (Wildman–Crippen MR) is 82.8 cm³/mol. The number of rotatable bonds is 5. The van der Waals surface area contributed by atoms with Gasteiger partial charge in [0, 0.05) is 23.6 Å². The summed E-state index contributed by atoms with van der Waals surface area (Å²) in [5, 5.41) is 21.3. The number of carboxylic acid groups (broad SMARTS) is 2. The van der Waals surface area contributed by atoms with Crippen LogP contribution in [0.25, 0.3) is 0 Å². The smallest absolute Gasteiger partial charge is 0.331 e. The maximum Gasteiger partial charge on any atom is 0.331 e. The van der Waals surface area contributed by atoms with E-state index in [0.717, 1.165) is 12.1 Å². The van der Waals surface area contributed by atoms with Crippen LogP contribution in [-0.2, 0) is 9.59 Å². The summed E-state index contributed by atoms with van der Waals surface area (Å²) in [7, 11) is 0. The van der Waals surface area contributed by atoms with Crippen molar-refractivity contribution >= 4 is 17.8 Å². The second-order valence-corrected chi connectivity index (χ2v) is 5.64. The molecule has 1 aromatic carbocycles. The number of benzene rings is 1. The van der Waals surface area contributed by atoms with E-state index < -0.39 is 35.0 Å². The van der Waals surface area contributed by atoms with Crippen molar-refractivity contribution in [1.82, 2.24) is 5.32 Å². The molecule has 126 valence electrons. The molecule has 0 spiro atoms. The van der Waals surface area contributed by atoms with E-state index in [9.17, 15) is 29.0 Å². The molecule has 24 heavy (non-hydrogen) atoms. The van der Waals surface area contributed by atoms with Crippen LogP contribution in [0.5, 0.6) is 0 Å². The van der Waals surface area contributed by atoms with Crippen molar-refractivity contribution in [2.45, 2.75) is 6.92 Å². The van der Waals surface area contributed by atoms with Crippen molar-refractivity contribution < 1.29 is 29.0 Å². The average Bonchev–Trinajstić information content (AvgIpc) is 2.53. The quantitative estimate of drug-likeness (QED) is 0.763. The van der Waals surface area contributed by atoms with Gasteiger partial charge in [0.2, 0.25) is 0 Å².